The smallest absolute Gasteiger partial charge is 0.156 e. The van der Waals surface area contributed by atoms with Crippen LogP contribution < -0.4 is 0 Å². The minimum atomic E-state index is -0.396. The molecule has 0 radical (unpaired) electrons. The number of carbonyl (C=O) groups is 1. The van der Waals surface area contributed by atoms with E-state index in [0.29, 0.717) is 12.2 Å². The highest BCUT2D eigenvalue weighted by Gasteiger charge is 2.32. The van der Waals surface area contributed by atoms with E-state index in [2.05, 4.69) is 51.7 Å². The van der Waals surface area contributed by atoms with Crippen LogP contribution in [0.25, 0.3) is 0 Å². The summed E-state index contributed by atoms with van der Waals surface area (Å²) in [7, 11) is 0. The van der Waals surface area contributed by atoms with Gasteiger partial charge in [0.15, 0.2) is 5.78 Å². The number of carbonyl (C=O) groups excluding carboxylic acids is 1. The Hall–Kier alpha value is -1.15. The fraction of sp³-hybridized carbons (Fsp3) is 0.611. The van der Waals surface area contributed by atoms with Crippen molar-refractivity contribution in [2.75, 3.05) is 13.1 Å². The Kier molecular flexibility index (Phi) is 5.52. The maximum absolute atomic E-state index is 12.7. The molecule has 0 saturated heterocycles. The summed E-state index contributed by atoms with van der Waals surface area (Å²) < 4.78 is 0. The molecule has 0 saturated carbocycles. The Labute approximate surface area is 124 Å². The molecule has 2 heteroatoms. The molecule has 0 heterocycles. The first-order valence-corrected chi connectivity index (χ1v) is 7.59. The highest BCUT2D eigenvalue weighted by molar-refractivity contribution is 5.89. The van der Waals surface area contributed by atoms with Crippen LogP contribution in [0, 0.1) is 20.8 Å². The Morgan fingerprint density at radius 1 is 1.05 bits per heavy atom. The third-order valence-corrected chi connectivity index (χ3v) is 4.41. The molecular formula is C18H29NO. The summed E-state index contributed by atoms with van der Waals surface area (Å²) in [6.07, 6.45) is 0.529. The van der Waals surface area contributed by atoms with Crippen molar-refractivity contribution in [2.24, 2.45) is 0 Å². The van der Waals surface area contributed by atoms with Crippen molar-refractivity contribution in [1.29, 1.82) is 0 Å². The largest absolute Gasteiger partial charge is 0.297 e. The maximum Gasteiger partial charge on any atom is 0.156 e. The first-order chi connectivity index (χ1) is 9.23. The lowest BCUT2D eigenvalue weighted by Gasteiger charge is -2.36. The van der Waals surface area contributed by atoms with Gasteiger partial charge in [0.2, 0.25) is 0 Å². The minimum Gasteiger partial charge on any atom is -0.297 e. The minimum absolute atomic E-state index is 0.302. The highest BCUT2D eigenvalue weighted by Crippen LogP contribution is 2.22. The van der Waals surface area contributed by atoms with E-state index in [-0.39, 0.29) is 0 Å². The van der Waals surface area contributed by atoms with Gasteiger partial charge in [0.05, 0.1) is 5.54 Å². The molecule has 0 aliphatic rings. The lowest BCUT2D eigenvalue weighted by molar-refractivity contribution is -0.128. The molecule has 0 amide bonds. The number of nitrogens with zero attached hydrogens (tertiary/aromatic N) is 1. The van der Waals surface area contributed by atoms with Crippen LogP contribution in [0.1, 0.15) is 49.9 Å². The summed E-state index contributed by atoms with van der Waals surface area (Å²) in [6.45, 7) is 16.4. The van der Waals surface area contributed by atoms with Crippen LogP contribution in [-0.4, -0.2) is 29.3 Å². The number of rotatable bonds is 6. The van der Waals surface area contributed by atoms with Crippen molar-refractivity contribution in [1.82, 2.24) is 4.90 Å². The molecule has 112 valence electrons. The molecule has 0 aromatic heterocycles. The van der Waals surface area contributed by atoms with E-state index in [1.165, 1.54) is 22.3 Å². The van der Waals surface area contributed by atoms with E-state index in [1.54, 1.807) is 0 Å². The molecule has 1 aromatic rings. The van der Waals surface area contributed by atoms with Crippen LogP contribution in [-0.2, 0) is 11.2 Å². The van der Waals surface area contributed by atoms with Crippen LogP contribution in [0.15, 0.2) is 12.1 Å². The Morgan fingerprint density at radius 3 is 1.90 bits per heavy atom. The molecule has 0 bridgehead atoms. The summed E-state index contributed by atoms with van der Waals surface area (Å²) in [5.74, 6) is 0.302. The maximum atomic E-state index is 12.7. The molecule has 20 heavy (non-hydrogen) atoms. The van der Waals surface area contributed by atoms with E-state index >= 15 is 0 Å². The van der Waals surface area contributed by atoms with Gasteiger partial charge in [-0.05, 0) is 64.4 Å². The van der Waals surface area contributed by atoms with Crippen LogP contribution >= 0.6 is 0 Å². The molecule has 1 aromatic carbocycles. The molecule has 0 N–H and O–H groups in total. The summed E-state index contributed by atoms with van der Waals surface area (Å²) in [6, 6.07) is 4.33. The fourth-order valence-electron chi connectivity index (χ4n) is 3.06. The monoisotopic (exact) mass is 275 g/mol. The fourth-order valence-corrected chi connectivity index (χ4v) is 3.06. The lowest BCUT2D eigenvalue weighted by atomic mass is 9.88. The number of Topliss-reactive ketones (excluding diaryl/α,β-unsaturated/α-hetero) is 1. The van der Waals surface area contributed by atoms with Gasteiger partial charge in [-0.3, -0.25) is 9.69 Å². The predicted molar refractivity (Wildman–Crippen MR) is 86.4 cm³/mol. The van der Waals surface area contributed by atoms with E-state index < -0.39 is 5.54 Å². The van der Waals surface area contributed by atoms with Crippen molar-refractivity contribution >= 4 is 5.78 Å². The van der Waals surface area contributed by atoms with E-state index in [9.17, 15) is 4.79 Å². The Balaban J connectivity index is 3.02. The van der Waals surface area contributed by atoms with E-state index in [4.69, 9.17) is 0 Å². The van der Waals surface area contributed by atoms with Gasteiger partial charge in [-0.15, -0.1) is 0 Å². The van der Waals surface area contributed by atoms with Crippen molar-refractivity contribution < 1.29 is 4.79 Å². The van der Waals surface area contributed by atoms with Gasteiger partial charge >= 0.3 is 0 Å². The van der Waals surface area contributed by atoms with Crippen molar-refractivity contribution in [2.45, 2.75) is 60.4 Å². The summed E-state index contributed by atoms with van der Waals surface area (Å²) in [4.78, 5) is 15.0. The Morgan fingerprint density at radius 2 is 1.50 bits per heavy atom. The molecule has 0 fully saturated rings. The van der Waals surface area contributed by atoms with Gasteiger partial charge in [0.1, 0.15) is 0 Å². The Bertz CT molecular complexity index is 461. The lowest BCUT2D eigenvalue weighted by Crippen LogP contribution is -2.50. The van der Waals surface area contributed by atoms with Crippen molar-refractivity contribution in [3.8, 4) is 0 Å². The molecule has 0 atom stereocenters. The molecular weight excluding hydrogens is 246 g/mol. The number of ketones is 1. The van der Waals surface area contributed by atoms with E-state index in [1.807, 2.05) is 13.8 Å². The number of benzene rings is 1. The topological polar surface area (TPSA) is 20.3 Å². The van der Waals surface area contributed by atoms with Crippen LogP contribution in [0.3, 0.4) is 0 Å². The summed E-state index contributed by atoms with van der Waals surface area (Å²) >= 11 is 0. The zero-order valence-corrected chi connectivity index (χ0v) is 14.1. The third kappa shape index (κ3) is 3.49. The standard InChI is InChI=1S/C18H29NO/c1-8-19(9-2)18(6,7)17(20)12-16-14(4)10-13(3)11-15(16)5/h10-11H,8-9,12H2,1-7H3. The molecule has 0 spiro atoms. The molecule has 2 nitrogen and oxygen atoms in total. The third-order valence-electron chi connectivity index (χ3n) is 4.41. The van der Waals surface area contributed by atoms with E-state index in [0.717, 1.165) is 13.1 Å². The molecule has 0 unspecified atom stereocenters. The van der Waals surface area contributed by atoms with Gasteiger partial charge in [0.25, 0.3) is 0 Å². The zero-order chi connectivity index (χ0) is 15.5. The van der Waals surface area contributed by atoms with Gasteiger partial charge in [0, 0.05) is 6.42 Å². The second kappa shape index (κ2) is 6.53. The average molecular weight is 275 g/mol. The van der Waals surface area contributed by atoms with Gasteiger partial charge in [-0.1, -0.05) is 31.5 Å². The molecule has 0 aliphatic carbocycles. The van der Waals surface area contributed by atoms with Crippen molar-refractivity contribution in [3.63, 3.8) is 0 Å². The zero-order valence-electron chi connectivity index (χ0n) is 14.1. The first-order valence-electron chi connectivity index (χ1n) is 7.59. The average Bonchev–Trinajstić information content (AvgIpc) is 2.34. The number of likely N-dealkylation sites (N-methyl/N-ethyl adjacent to an activating group) is 1. The molecule has 0 aliphatic heterocycles. The number of hydrogen-bond donors (Lipinski definition) is 0. The second-order valence-electron chi connectivity index (χ2n) is 6.21. The quantitative estimate of drug-likeness (QED) is 0.786. The SMILES string of the molecule is CCN(CC)C(C)(C)C(=O)Cc1c(C)cc(C)cc1C. The van der Waals surface area contributed by atoms with Crippen LogP contribution in [0.4, 0.5) is 0 Å². The van der Waals surface area contributed by atoms with Gasteiger partial charge in [-0.25, -0.2) is 0 Å². The molecule has 1 rings (SSSR count). The van der Waals surface area contributed by atoms with Crippen LogP contribution in [0.2, 0.25) is 0 Å². The number of hydrogen-bond acceptors (Lipinski definition) is 2. The highest BCUT2D eigenvalue weighted by atomic mass is 16.1. The predicted octanol–water partition coefficient (Wildman–Crippen LogP) is 3.84. The normalized spacial score (nSPS) is 12.0. The van der Waals surface area contributed by atoms with Crippen molar-refractivity contribution in [3.05, 3.63) is 34.4 Å². The number of aryl methyl sites for hydroxylation is 3. The second-order valence-corrected chi connectivity index (χ2v) is 6.21. The van der Waals surface area contributed by atoms with Gasteiger partial charge < -0.3 is 0 Å². The van der Waals surface area contributed by atoms with Gasteiger partial charge in [-0.2, -0.15) is 0 Å². The first kappa shape index (κ1) is 16.9. The summed E-state index contributed by atoms with van der Waals surface area (Å²) in [5, 5.41) is 0. The van der Waals surface area contributed by atoms with Crippen LogP contribution in [0.5, 0.6) is 0 Å². The summed E-state index contributed by atoms with van der Waals surface area (Å²) in [5.41, 5.74) is 4.52.